The molecule has 2 aromatic rings. The summed E-state index contributed by atoms with van der Waals surface area (Å²) < 4.78 is 5.41. The maximum Gasteiger partial charge on any atom is 0.123 e. The fourth-order valence-corrected chi connectivity index (χ4v) is 2.89. The molecule has 0 aliphatic heterocycles. The van der Waals surface area contributed by atoms with Crippen LogP contribution < -0.4 is 10.1 Å². The first-order valence-electron chi connectivity index (χ1n) is 6.87. The van der Waals surface area contributed by atoms with Gasteiger partial charge in [-0.2, -0.15) is 0 Å². The van der Waals surface area contributed by atoms with Crippen LogP contribution in [0.4, 0.5) is 0 Å². The Morgan fingerprint density at radius 3 is 2.33 bits per heavy atom. The summed E-state index contributed by atoms with van der Waals surface area (Å²) in [5, 5.41) is 4.93. The van der Waals surface area contributed by atoms with Crippen molar-refractivity contribution < 1.29 is 4.74 Å². The van der Waals surface area contributed by atoms with Crippen LogP contribution in [0.1, 0.15) is 37.1 Å². The Balaban J connectivity index is 2.18. The summed E-state index contributed by atoms with van der Waals surface area (Å²) in [5.74, 6) is 0.877. The molecule has 2 aromatic carbocycles. The van der Waals surface area contributed by atoms with Gasteiger partial charge in [-0.05, 0) is 43.7 Å². The summed E-state index contributed by atoms with van der Waals surface area (Å²) in [5.41, 5.74) is 2.11. The Morgan fingerprint density at radius 1 is 0.952 bits per heavy atom. The van der Waals surface area contributed by atoms with Gasteiger partial charge in [-0.3, -0.25) is 0 Å². The third-order valence-electron chi connectivity index (χ3n) is 3.53. The maximum absolute atomic E-state index is 6.26. The van der Waals surface area contributed by atoms with E-state index in [0.717, 1.165) is 16.9 Å². The van der Waals surface area contributed by atoms with E-state index >= 15 is 0 Å². The van der Waals surface area contributed by atoms with Gasteiger partial charge in [0.25, 0.3) is 0 Å². The monoisotopic (exact) mass is 323 g/mol. The molecule has 0 saturated heterocycles. The molecule has 0 bridgehead atoms. The van der Waals surface area contributed by atoms with Crippen LogP contribution in [0, 0.1) is 0 Å². The van der Waals surface area contributed by atoms with Crippen LogP contribution in [0.15, 0.2) is 42.5 Å². The minimum Gasteiger partial charge on any atom is -0.496 e. The standard InChI is InChI=1S/C17H19Cl2NO/c1-11(14-6-4-5-7-17(14)21-3)20-12(2)15-10-13(18)8-9-16(15)19/h4-12,20H,1-3H3/t11-,12?/m1/s1. The van der Waals surface area contributed by atoms with Crippen molar-refractivity contribution in [2.45, 2.75) is 25.9 Å². The number of methoxy groups -OCH3 is 1. The molecule has 0 heterocycles. The van der Waals surface area contributed by atoms with Crippen molar-refractivity contribution in [1.82, 2.24) is 5.32 Å². The highest BCUT2D eigenvalue weighted by Gasteiger charge is 2.16. The topological polar surface area (TPSA) is 21.3 Å². The third-order valence-corrected chi connectivity index (χ3v) is 4.11. The van der Waals surface area contributed by atoms with Crippen molar-refractivity contribution in [3.63, 3.8) is 0 Å². The Hall–Kier alpha value is -1.22. The van der Waals surface area contributed by atoms with Gasteiger partial charge in [0.2, 0.25) is 0 Å². The minimum absolute atomic E-state index is 0.0797. The molecule has 112 valence electrons. The number of benzene rings is 2. The average Bonchev–Trinajstić information content (AvgIpc) is 2.49. The van der Waals surface area contributed by atoms with Crippen molar-refractivity contribution in [3.05, 3.63) is 63.6 Å². The lowest BCUT2D eigenvalue weighted by molar-refractivity contribution is 0.396. The maximum atomic E-state index is 6.26. The van der Waals surface area contributed by atoms with Crippen LogP contribution in [0.2, 0.25) is 10.0 Å². The third kappa shape index (κ3) is 3.91. The van der Waals surface area contributed by atoms with Gasteiger partial charge in [0.05, 0.1) is 7.11 Å². The highest BCUT2D eigenvalue weighted by Crippen LogP contribution is 2.30. The second-order valence-corrected chi connectivity index (χ2v) is 5.86. The average molecular weight is 324 g/mol. The summed E-state index contributed by atoms with van der Waals surface area (Å²) >= 11 is 12.3. The van der Waals surface area contributed by atoms with E-state index in [1.165, 1.54) is 0 Å². The Morgan fingerprint density at radius 2 is 1.62 bits per heavy atom. The molecular formula is C17H19Cl2NO. The van der Waals surface area contributed by atoms with Crippen LogP contribution in [-0.2, 0) is 0 Å². The van der Waals surface area contributed by atoms with E-state index < -0.39 is 0 Å². The van der Waals surface area contributed by atoms with Gasteiger partial charge >= 0.3 is 0 Å². The van der Waals surface area contributed by atoms with Crippen LogP contribution in [0.25, 0.3) is 0 Å². The molecule has 2 rings (SSSR count). The zero-order chi connectivity index (χ0) is 15.4. The van der Waals surface area contributed by atoms with Crippen molar-refractivity contribution in [3.8, 4) is 5.75 Å². The zero-order valence-corrected chi connectivity index (χ0v) is 13.9. The van der Waals surface area contributed by atoms with Gasteiger partial charge in [0.15, 0.2) is 0 Å². The largest absolute Gasteiger partial charge is 0.496 e. The number of para-hydroxylation sites is 1. The summed E-state index contributed by atoms with van der Waals surface area (Å²) in [6.45, 7) is 4.18. The van der Waals surface area contributed by atoms with E-state index in [9.17, 15) is 0 Å². The Bertz CT molecular complexity index is 615. The zero-order valence-electron chi connectivity index (χ0n) is 12.4. The van der Waals surface area contributed by atoms with Crippen molar-refractivity contribution >= 4 is 23.2 Å². The highest BCUT2D eigenvalue weighted by molar-refractivity contribution is 6.33. The van der Waals surface area contributed by atoms with E-state index in [1.54, 1.807) is 13.2 Å². The van der Waals surface area contributed by atoms with Crippen molar-refractivity contribution in [1.29, 1.82) is 0 Å². The highest BCUT2D eigenvalue weighted by atomic mass is 35.5. The number of hydrogen-bond acceptors (Lipinski definition) is 2. The van der Waals surface area contributed by atoms with Crippen LogP contribution >= 0.6 is 23.2 Å². The molecule has 0 fully saturated rings. The van der Waals surface area contributed by atoms with Gasteiger partial charge in [0.1, 0.15) is 5.75 Å². The molecule has 0 aliphatic carbocycles. The first-order valence-corrected chi connectivity index (χ1v) is 7.62. The Kier molecular flexibility index (Phi) is 5.51. The molecule has 4 heteroatoms. The quantitative estimate of drug-likeness (QED) is 0.793. The molecule has 0 aliphatic rings. The predicted molar refractivity (Wildman–Crippen MR) is 89.4 cm³/mol. The second-order valence-electron chi connectivity index (χ2n) is 5.02. The molecule has 2 nitrogen and oxygen atoms in total. The number of halogens is 2. The normalized spacial score (nSPS) is 13.8. The van der Waals surface area contributed by atoms with E-state index in [4.69, 9.17) is 27.9 Å². The number of rotatable bonds is 5. The number of hydrogen-bond donors (Lipinski definition) is 1. The first-order chi connectivity index (χ1) is 10.0. The lowest BCUT2D eigenvalue weighted by Crippen LogP contribution is -2.23. The smallest absolute Gasteiger partial charge is 0.123 e. The van der Waals surface area contributed by atoms with Crippen LogP contribution in [0.5, 0.6) is 5.75 Å². The molecular weight excluding hydrogens is 305 g/mol. The van der Waals surface area contributed by atoms with E-state index in [1.807, 2.05) is 30.3 Å². The molecule has 21 heavy (non-hydrogen) atoms. The fraction of sp³-hybridized carbons (Fsp3) is 0.294. The summed E-state index contributed by atoms with van der Waals surface area (Å²) in [6.07, 6.45) is 0. The number of nitrogens with one attached hydrogen (secondary N) is 1. The van der Waals surface area contributed by atoms with Gasteiger partial charge in [-0.25, -0.2) is 0 Å². The molecule has 0 amide bonds. The SMILES string of the molecule is COc1ccccc1[C@@H](C)NC(C)c1cc(Cl)ccc1Cl. The first kappa shape index (κ1) is 16.2. The lowest BCUT2D eigenvalue weighted by atomic mass is 10.0. The fourth-order valence-electron chi connectivity index (χ4n) is 2.43. The Labute approximate surface area is 136 Å². The van der Waals surface area contributed by atoms with Gasteiger partial charge in [-0.1, -0.05) is 41.4 Å². The summed E-state index contributed by atoms with van der Waals surface area (Å²) in [7, 11) is 1.68. The van der Waals surface area contributed by atoms with Crippen LogP contribution in [0.3, 0.4) is 0 Å². The van der Waals surface area contributed by atoms with E-state index in [-0.39, 0.29) is 12.1 Å². The molecule has 0 radical (unpaired) electrons. The molecule has 0 aromatic heterocycles. The molecule has 2 atom stereocenters. The molecule has 0 saturated carbocycles. The van der Waals surface area contributed by atoms with Gasteiger partial charge in [0, 0.05) is 27.7 Å². The molecule has 1 N–H and O–H groups in total. The van der Waals surface area contributed by atoms with E-state index in [0.29, 0.717) is 10.0 Å². The molecule has 0 spiro atoms. The predicted octanol–water partition coefficient (Wildman–Crippen LogP) is 5.41. The summed E-state index contributed by atoms with van der Waals surface area (Å²) in [4.78, 5) is 0. The van der Waals surface area contributed by atoms with Gasteiger partial charge in [-0.15, -0.1) is 0 Å². The molecule has 1 unspecified atom stereocenters. The van der Waals surface area contributed by atoms with Crippen LogP contribution in [-0.4, -0.2) is 7.11 Å². The van der Waals surface area contributed by atoms with Crippen molar-refractivity contribution in [2.75, 3.05) is 7.11 Å². The van der Waals surface area contributed by atoms with Gasteiger partial charge < -0.3 is 10.1 Å². The van der Waals surface area contributed by atoms with Crippen molar-refractivity contribution in [2.24, 2.45) is 0 Å². The van der Waals surface area contributed by atoms with E-state index in [2.05, 4.69) is 25.2 Å². The summed E-state index contributed by atoms with van der Waals surface area (Å²) in [6, 6.07) is 13.7. The number of ether oxygens (including phenoxy) is 1. The second kappa shape index (κ2) is 7.17. The minimum atomic E-state index is 0.0797. The lowest BCUT2D eigenvalue weighted by Gasteiger charge is -2.23.